The van der Waals surface area contributed by atoms with Gasteiger partial charge >= 0.3 is 0 Å². The molecule has 0 aromatic carbocycles. The van der Waals surface area contributed by atoms with E-state index in [1.807, 2.05) is 0 Å². The molecule has 0 aromatic rings. The zero-order chi connectivity index (χ0) is 8.10. The lowest BCUT2D eigenvalue weighted by Crippen LogP contribution is -2.36. The minimum Gasteiger partial charge on any atom is -0.393 e. The Labute approximate surface area is 68.2 Å². The van der Waals surface area contributed by atoms with E-state index in [4.69, 9.17) is 5.73 Å². The number of hydrogen-bond donors (Lipinski definition) is 2. The van der Waals surface area contributed by atoms with Gasteiger partial charge in [0.2, 0.25) is 0 Å². The maximum atomic E-state index is 9.20. The molecule has 1 aliphatic heterocycles. The first-order chi connectivity index (χ1) is 5.33. The maximum absolute atomic E-state index is 9.20. The molecule has 3 N–H and O–H groups in total. The van der Waals surface area contributed by atoms with Gasteiger partial charge in [0.1, 0.15) is 0 Å². The fourth-order valence-corrected chi connectivity index (χ4v) is 1.46. The molecule has 3 heteroatoms. The highest BCUT2D eigenvalue weighted by Gasteiger charge is 2.15. The lowest BCUT2D eigenvalue weighted by Gasteiger charge is -2.29. The normalized spacial score (nSPS) is 22.4. The van der Waals surface area contributed by atoms with Gasteiger partial charge in [0.25, 0.3) is 0 Å². The van der Waals surface area contributed by atoms with Gasteiger partial charge < -0.3 is 15.7 Å². The lowest BCUT2D eigenvalue weighted by atomic mass is 10.1. The van der Waals surface area contributed by atoms with Crippen molar-refractivity contribution in [1.29, 1.82) is 0 Å². The molecule has 1 heterocycles. The van der Waals surface area contributed by atoms with Gasteiger partial charge in [0.15, 0.2) is 0 Å². The zero-order valence-corrected chi connectivity index (χ0v) is 7.00. The Bertz CT molecular complexity index is 97.5. The smallest absolute Gasteiger partial charge is 0.0564 e. The molecule has 0 spiro atoms. The van der Waals surface area contributed by atoms with Crippen LogP contribution in [0.1, 0.15) is 19.3 Å². The highest BCUT2D eigenvalue weighted by atomic mass is 16.3. The van der Waals surface area contributed by atoms with Crippen LogP contribution in [0.4, 0.5) is 0 Å². The van der Waals surface area contributed by atoms with Crippen LogP contribution in [-0.2, 0) is 0 Å². The number of aliphatic hydroxyl groups excluding tert-OH is 1. The predicted octanol–water partition coefficient (Wildman–Crippen LogP) is -0.208. The lowest BCUT2D eigenvalue weighted by molar-refractivity contribution is 0.0824. The summed E-state index contributed by atoms with van der Waals surface area (Å²) in [5.41, 5.74) is 5.40. The van der Waals surface area contributed by atoms with E-state index in [9.17, 15) is 5.11 Å². The van der Waals surface area contributed by atoms with E-state index in [2.05, 4.69) is 4.90 Å². The Balaban J connectivity index is 2.07. The van der Waals surface area contributed by atoms with Crippen molar-refractivity contribution in [3.05, 3.63) is 0 Å². The van der Waals surface area contributed by atoms with Crippen molar-refractivity contribution in [3.63, 3.8) is 0 Å². The number of nitrogens with zero attached hydrogens (tertiary/aromatic N) is 1. The number of nitrogens with two attached hydrogens (primary N) is 1. The third kappa shape index (κ3) is 3.18. The van der Waals surface area contributed by atoms with Crippen LogP contribution in [0.15, 0.2) is 0 Å². The van der Waals surface area contributed by atoms with E-state index in [-0.39, 0.29) is 6.10 Å². The van der Waals surface area contributed by atoms with Crippen molar-refractivity contribution in [1.82, 2.24) is 4.90 Å². The minimum atomic E-state index is -0.0517. The van der Waals surface area contributed by atoms with Gasteiger partial charge in [-0.25, -0.2) is 0 Å². The van der Waals surface area contributed by atoms with Crippen LogP contribution in [0.5, 0.6) is 0 Å². The molecule has 1 rings (SSSR count). The van der Waals surface area contributed by atoms with E-state index in [0.717, 1.165) is 45.4 Å². The number of aliphatic hydroxyl groups is 1. The molecule has 1 saturated heterocycles. The van der Waals surface area contributed by atoms with Gasteiger partial charge in [-0.2, -0.15) is 0 Å². The summed E-state index contributed by atoms with van der Waals surface area (Å²) in [5.74, 6) is 0. The number of rotatable bonds is 3. The van der Waals surface area contributed by atoms with Crippen LogP contribution in [0.25, 0.3) is 0 Å². The van der Waals surface area contributed by atoms with Crippen molar-refractivity contribution >= 4 is 0 Å². The summed E-state index contributed by atoms with van der Waals surface area (Å²) >= 11 is 0. The topological polar surface area (TPSA) is 49.5 Å². The summed E-state index contributed by atoms with van der Waals surface area (Å²) in [6.07, 6.45) is 2.90. The Hall–Kier alpha value is -0.120. The zero-order valence-electron chi connectivity index (χ0n) is 7.00. The molecule has 1 aliphatic rings. The standard InChI is InChI=1S/C8H18N2O/c9-4-1-5-10-6-2-8(11)3-7-10/h8,11H,1-7,9H2. The van der Waals surface area contributed by atoms with E-state index in [1.54, 1.807) is 0 Å². The average molecular weight is 158 g/mol. The fourth-order valence-electron chi connectivity index (χ4n) is 1.46. The third-order valence-corrected chi connectivity index (χ3v) is 2.24. The summed E-state index contributed by atoms with van der Waals surface area (Å²) in [7, 11) is 0. The Morgan fingerprint density at radius 2 is 2.00 bits per heavy atom. The summed E-state index contributed by atoms with van der Waals surface area (Å²) in [6, 6.07) is 0. The van der Waals surface area contributed by atoms with Gasteiger partial charge in [0.05, 0.1) is 6.10 Å². The number of hydrogen-bond acceptors (Lipinski definition) is 3. The molecule has 0 atom stereocenters. The van der Waals surface area contributed by atoms with Crippen LogP contribution in [0.3, 0.4) is 0 Å². The molecular formula is C8H18N2O. The van der Waals surface area contributed by atoms with Crippen LogP contribution in [-0.4, -0.2) is 42.3 Å². The molecule has 11 heavy (non-hydrogen) atoms. The Kier molecular flexibility index (Phi) is 3.83. The van der Waals surface area contributed by atoms with Crippen molar-refractivity contribution in [2.45, 2.75) is 25.4 Å². The molecule has 1 fully saturated rings. The van der Waals surface area contributed by atoms with Crippen molar-refractivity contribution in [2.24, 2.45) is 5.73 Å². The van der Waals surface area contributed by atoms with Crippen LogP contribution in [0.2, 0.25) is 0 Å². The summed E-state index contributed by atoms with van der Waals surface area (Å²) in [5, 5.41) is 9.20. The first kappa shape index (κ1) is 8.97. The maximum Gasteiger partial charge on any atom is 0.0564 e. The van der Waals surface area contributed by atoms with E-state index in [0.29, 0.717) is 0 Å². The predicted molar refractivity (Wildman–Crippen MR) is 45.4 cm³/mol. The highest BCUT2D eigenvalue weighted by molar-refractivity contribution is 4.70. The van der Waals surface area contributed by atoms with E-state index < -0.39 is 0 Å². The molecule has 3 nitrogen and oxygen atoms in total. The second-order valence-corrected chi connectivity index (χ2v) is 3.22. The van der Waals surface area contributed by atoms with Gasteiger partial charge in [-0.05, 0) is 32.4 Å². The molecule has 0 bridgehead atoms. The molecule has 0 unspecified atom stereocenters. The van der Waals surface area contributed by atoms with E-state index >= 15 is 0 Å². The molecule has 0 aliphatic carbocycles. The quantitative estimate of drug-likeness (QED) is 0.597. The SMILES string of the molecule is NCCCN1CCC(O)CC1. The van der Waals surface area contributed by atoms with Crippen LogP contribution >= 0.6 is 0 Å². The molecular weight excluding hydrogens is 140 g/mol. The summed E-state index contributed by atoms with van der Waals surface area (Å²) in [4.78, 5) is 2.37. The highest BCUT2D eigenvalue weighted by Crippen LogP contribution is 2.09. The second kappa shape index (κ2) is 4.70. The van der Waals surface area contributed by atoms with E-state index in [1.165, 1.54) is 0 Å². The van der Waals surface area contributed by atoms with Crippen molar-refractivity contribution in [2.75, 3.05) is 26.2 Å². The van der Waals surface area contributed by atoms with Crippen molar-refractivity contribution < 1.29 is 5.11 Å². The van der Waals surface area contributed by atoms with Gasteiger partial charge in [-0.1, -0.05) is 0 Å². The molecule has 0 aromatic heterocycles. The van der Waals surface area contributed by atoms with Gasteiger partial charge in [-0.15, -0.1) is 0 Å². The van der Waals surface area contributed by atoms with Gasteiger partial charge in [0, 0.05) is 13.1 Å². The molecule has 66 valence electrons. The number of piperidine rings is 1. The third-order valence-electron chi connectivity index (χ3n) is 2.24. The van der Waals surface area contributed by atoms with Crippen LogP contribution in [0, 0.1) is 0 Å². The Morgan fingerprint density at radius 1 is 1.36 bits per heavy atom. The summed E-state index contributed by atoms with van der Waals surface area (Å²) < 4.78 is 0. The van der Waals surface area contributed by atoms with Crippen molar-refractivity contribution in [3.8, 4) is 0 Å². The summed E-state index contributed by atoms with van der Waals surface area (Å²) in [6.45, 7) is 3.96. The largest absolute Gasteiger partial charge is 0.393 e. The average Bonchev–Trinajstić information content (AvgIpc) is 2.04. The Morgan fingerprint density at radius 3 is 2.55 bits per heavy atom. The van der Waals surface area contributed by atoms with Gasteiger partial charge in [-0.3, -0.25) is 0 Å². The molecule has 0 amide bonds. The second-order valence-electron chi connectivity index (χ2n) is 3.22. The molecule has 0 saturated carbocycles. The van der Waals surface area contributed by atoms with Crippen LogP contribution < -0.4 is 5.73 Å². The number of likely N-dealkylation sites (tertiary alicyclic amines) is 1. The monoisotopic (exact) mass is 158 g/mol. The molecule has 0 radical (unpaired) electrons. The first-order valence-corrected chi connectivity index (χ1v) is 4.43. The fraction of sp³-hybridized carbons (Fsp3) is 1.00. The minimum absolute atomic E-state index is 0.0517. The first-order valence-electron chi connectivity index (χ1n) is 4.43.